The second kappa shape index (κ2) is 36.1. The Kier molecular flexibility index (Phi) is 30.6. The molecule has 1 saturated heterocycles. The molecule has 1 aliphatic heterocycles. The van der Waals surface area contributed by atoms with Crippen LogP contribution in [0.4, 0.5) is 0 Å². The van der Waals surface area contributed by atoms with Crippen LogP contribution in [0.2, 0.25) is 0 Å². The molecule has 8 nitrogen and oxygen atoms in total. The average molecular weight is 995 g/mol. The number of nitrogens with zero attached hydrogens (tertiary/aromatic N) is 1. The van der Waals surface area contributed by atoms with Gasteiger partial charge in [-0.25, -0.2) is 0 Å². The van der Waals surface area contributed by atoms with E-state index in [-0.39, 0.29) is 43.4 Å². The zero-order chi connectivity index (χ0) is 48.4. The van der Waals surface area contributed by atoms with Crippen LogP contribution in [0.15, 0.2) is 48.5 Å². The number of benzene rings is 2. The molecule has 0 radical (unpaired) electrons. The summed E-state index contributed by atoms with van der Waals surface area (Å²) in [6.45, 7) is 5.17. The van der Waals surface area contributed by atoms with Crippen LogP contribution in [0, 0.1) is 5.92 Å². The topological polar surface area (TPSA) is 99.2 Å². The third-order valence-electron chi connectivity index (χ3n) is 13.5. The number of carbonyl (C=O) groups is 4. The van der Waals surface area contributed by atoms with Crippen molar-refractivity contribution in [3.05, 3.63) is 59.7 Å². The maximum absolute atomic E-state index is 14.0. The van der Waals surface area contributed by atoms with Crippen LogP contribution in [0.3, 0.4) is 0 Å². The van der Waals surface area contributed by atoms with Crippen molar-refractivity contribution in [3.63, 3.8) is 0 Å². The van der Waals surface area contributed by atoms with E-state index in [1.54, 1.807) is 4.90 Å². The highest BCUT2D eigenvalue weighted by Gasteiger charge is 2.34. The van der Waals surface area contributed by atoms with Crippen molar-refractivity contribution in [2.24, 2.45) is 5.92 Å². The largest absolute Gasteiger partial charge is 0.465 e. The molecule has 1 amide bonds. The van der Waals surface area contributed by atoms with E-state index < -0.39 is 18.0 Å². The minimum atomic E-state index is -0.687. The Bertz CT molecular complexity index is 1710. The number of rotatable bonds is 40. The first kappa shape index (κ1) is 57.7. The zero-order valence-electron chi connectivity index (χ0n) is 42.1. The average Bonchev–Trinajstić information content (AvgIpc) is 3.92. The van der Waals surface area contributed by atoms with Crippen LogP contribution in [0.5, 0.6) is 0 Å². The second-order valence-electron chi connectivity index (χ2n) is 19.2. The Labute approximate surface area is 425 Å². The van der Waals surface area contributed by atoms with Gasteiger partial charge in [-0.3, -0.25) is 24.1 Å². The molecule has 68 heavy (non-hydrogen) atoms. The summed E-state index contributed by atoms with van der Waals surface area (Å²) in [7, 11) is 0. The zero-order valence-corrected chi connectivity index (χ0v) is 44.6. The third kappa shape index (κ3) is 22.9. The lowest BCUT2D eigenvalue weighted by Gasteiger charge is -2.23. The number of fused-ring (bicyclic) bond motifs is 3. The SMILES string of the molecule is CCCCCCCCCCCCCCCC(=O)OCC(CSC[C@H](CC(=O)OCC1c2ccccc2-c2ccccc21)C(=O)N1CCSC1=S)OC(=O)CCCCCCCCCCCCCCC. The van der Waals surface area contributed by atoms with E-state index in [1.165, 1.54) is 152 Å². The molecule has 1 heterocycles. The predicted molar refractivity (Wildman–Crippen MR) is 288 cm³/mol. The van der Waals surface area contributed by atoms with Gasteiger partial charge in [-0.05, 0) is 35.1 Å². The summed E-state index contributed by atoms with van der Waals surface area (Å²) in [6.07, 6.45) is 31.9. The first-order valence-electron chi connectivity index (χ1n) is 27.1. The Balaban J connectivity index is 1.24. The van der Waals surface area contributed by atoms with E-state index >= 15 is 0 Å². The molecule has 2 aromatic rings. The van der Waals surface area contributed by atoms with Crippen LogP contribution >= 0.6 is 35.7 Å². The van der Waals surface area contributed by atoms with Gasteiger partial charge in [0.1, 0.15) is 23.6 Å². The molecule has 2 aliphatic rings. The number of thiocarbonyl (C=S) groups is 1. The number of amides is 1. The summed E-state index contributed by atoms with van der Waals surface area (Å²) >= 11 is 8.42. The maximum Gasteiger partial charge on any atom is 0.306 e. The molecule has 1 unspecified atom stereocenters. The number of hydrogen-bond donors (Lipinski definition) is 0. The molecule has 1 aliphatic carbocycles. The van der Waals surface area contributed by atoms with E-state index in [0.29, 0.717) is 35.2 Å². The Morgan fingerprint density at radius 3 is 1.53 bits per heavy atom. The fraction of sp³-hybridized carbons (Fsp3) is 0.702. The van der Waals surface area contributed by atoms with Crippen LogP contribution in [0.25, 0.3) is 11.1 Å². The molecule has 0 spiro atoms. The lowest BCUT2D eigenvalue weighted by molar-refractivity contribution is -0.157. The van der Waals surface area contributed by atoms with E-state index in [1.807, 2.05) is 24.3 Å². The van der Waals surface area contributed by atoms with Crippen molar-refractivity contribution in [3.8, 4) is 11.1 Å². The van der Waals surface area contributed by atoms with Crippen molar-refractivity contribution < 1.29 is 33.4 Å². The van der Waals surface area contributed by atoms with E-state index in [9.17, 15) is 19.2 Å². The predicted octanol–water partition coefficient (Wildman–Crippen LogP) is 15.4. The van der Waals surface area contributed by atoms with Gasteiger partial charge in [-0.15, -0.1) is 0 Å². The molecule has 0 aromatic heterocycles. The highest BCUT2D eigenvalue weighted by atomic mass is 32.2. The van der Waals surface area contributed by atoms with Crippen molar-refractivity contribution >= 4 is 63.9 Å². The van der Waals surface area contributed by atoms with E-state index in [4.69, 9.17) is 26.4 Å². The van der Waals surface area contributed by atoms with Crippen LogP contribution in [0.1, 0.15) is 217 Å². The van der Waals surface area contributed by atoms with Crippen LogP contribution in [-0.2, 0) is 33.4 Å². The molecule has 0 saturated carbocycles. The number of unbranched alkanes of at least 4 members (excludes halogenated alkanes) is 24. The molecule has 0 bridgehead atoms. The third-order valence-corrected chi connectivity index (χ3v) is 16.2. The monoisotopic (exact) mass is 994 g/mol. The molecule has 1 fully saturated rings. The summed E-state index contributed by atoms with van der Waals surface area (Å²) in [5.41, 5.74) is 4.56. The summed E-state index contributed by atoms with van der Waals surface area (Å²) in [6, 6.07) is 16.4. The molecule has 4 rings (SSSR count). The van der Waals surface area contributed by atoms with Gasteiger partial charge in [0.15, 0.2) is 0 Å². The number of ether oxygens (including phenoxy) is 3. The summed E-state index contributed by atoms with van der Waals surface area (Å²) < 4.78 is 18.2. The lowest BCUT2D eigenvalue weighted by Crippen LogP contribution is -2.38. The van der Waals surface area contributed by atoms with Gasteiger partial charge in [-0.2, -0.15) is 11.8 Å². The summed E-state index contributed by atoms with van der Waals surface area (Å²) in [4.78, 5) is 55.3. The van der Waals surface area contributed by atoms with Gasteiger partial charge >= 0.3 is 17.9 Å². The summed E-state index contributed by atoms with van der Waals surface area (Å²) in [5.74, 6) is -0.635. The standard InChI is InChI=1S/C57H87NO7S3/c1-3-5-7-9-11-13-15-17-19-21-23-25-27-37-53(59)63-42-47(65-54(60)38-28-26-24-22-20-18-16-14-12-10-8-6-4-2)45-67-44-46(56(62)58-39-40-68-57(58)66)41-55(61)64-43-52-50-35-31-29-33-48(50)49-34-30-32-36-51(49)52/h29-36,46-47,52H,3-28,37-45H2,1-2H3/t46-,47?/m0/s1. The van der Waals surface area contributed by atoms with Crippen molar-refractivity contribution in [2.75, 3.05) is 37.0 Å². The number of thioether (sulfide) groups is 2. The molecule has 2 atom stereocenters. The fourth-order valence-corrected chi connectivity index (χ4v) is 11.8. The van der Waals surface area contributed by atoms with E-state index in [0.717, 1.165) is 66.5 Å². The minimum Gasteiger partial charge on any atom is -0.465 e. The summed E-state index contributed by atoms with van der Waals surface area (Å²) in [5, 5.41) is 0. The number of esters is 3. The molecule has 0 N–H and O–H groups in total. The first-order valence-corrected chi connectivity index (χ1v) is 29.6. The highest BCUT2D eigenvalue weighted by molar-refractivity contribution is 8.23. The van der Waals surface area contributed by atoms with Crippen molar-refractivity contribution in [1.82, 2.24) is 4.90 Å². The quantitative estimate of drug-likeness (QED) is 0.0278. The van der Waals surface area contributed by atoms with Gasteiger partial charge in [0, 0.05) is 42.6 Å². The highest BCUT2D eigenvalue weighted by Crippen LogP contribution is 2.44. The Morgan fingerprint density at radius 2 is 1.06 bits per heavy atom. The van der Waals surface area contributed by atoms with Gasteiger partial charge < -0.3 is 14.2 Å². The minimum absolute atomic E-state index is 0.0353. The Hall–Kier alpha value is -2.89. The first-order chi connectivity index (χ1) is 33.3. The maximum atomic E-state index is 14.0. The number of hydrogen-bond acceptors (Lipinski definition) is 10. The van der Waals surface area contributed by atoms with Crippen LogP contribution in [-0.4, -0.2) is 76.2 Å². The molecular formula is C57H87NO7S3. The normalized spacial score (nSPS) is 14.1. The number of carbonyl (C=O) groups excluding carboxylic acids is 4. The van der Waals surface area contributed by atoms with Gasteiger partial charge in [-0.1, -0.05) is 240 Å². The fourth-order valence-electron chi connectivity index (χ4n) is 9.44. The van der Waals surface area contributed by atoms with E-state index in [2.05, 4.69) is 38.1 Å². The Morgan fingerprint density at radius 1 is 0.603 bits per heavy atom. The van der Waals surface area contributed by atoms with Crippen molar-refractivity contribution in [1.29, 1.82) is 0 Å². The second-order valence-corrected chi connectivity index (χ2v) is 22.0. The molecular weight excluding hydrogens is 907 g/mol. The van der Waals surface area contributed by atoms with Gasteiger partial charge in [0.05, 0.1) is 12.3 Å². The lowest BCUT2D eigenvalue weighted by atomic mass is 9.98. The molecule has 380 valence electrons. The molecule has 2 aromatic carbocycles. The van der Waals surface area contributed by atoms with Crippen molar-refractivity contribution in [2.45, 2.75) is 212 Å². The molecule has 11 heteroatoms. The van der Waals surface area contributed by atoms with Crippen LogP contribution < -0.4 is 0 Å². The smallest absolute Gasteiger partial charge is 0.306 e. The van der Waals surface area contributed by atoms with Gasteiger partial charge in [0.25, 0.3) is 0 Å². The van der Waals surface area contributed by atoms with Gasteiger partial charge in [0.2, 0.25) is 5.91 Å².